The Morgan fingerprint density at radius 2 is 1.76 bits per heavy atom. The van der Waals surface area contributed by atoms with Gasteiger partial charge in [0.25, 0.3) is 0 Å². The van der Waals surface area contributed by atoms with Crippen LogP contribution in [0, 0.1) is 0 Å². The number of amides is 1. The molecular formula is C19H26Cl3N3O3S. The van der Waals surface area contributed by atoms with Crippen molar-refractivity contribution in [2.75, 3.05) is 5.32 Å². The molecule has 0 fully saturated rings. The molecule has 1 aromatic carbocycles. The predicted octanol–water partition coefficient (Wildman–Crippen LogP) is 5.23. The summed E-state index contributed by atoms with van der Waals surface area (Å²) in [6.45, 7) is 2.15. The molecule has 0 spiro atoms. The monoisotopic (exact) mass is 481 g/mol. The van der Waals surface area contributed by atoms with Gasteiger partial charge in [0.15, 0.2) is 5.11 Å². The molecule has 0 aliphatic rings. The Labute approximate surface area is 191 Å². The van der Waals surface area contributed by atoms with Gasteiger partial charge >= 0.3 is 5.97 Å². The minimum absolute atomic E-state index is 0.0729. The second-order valence-electron chi connectivity index (χ2n) is 6.54. The van der Waals surface area contributed by atoms with Gasteiger partial charge in [-0.2, -0.15) is 0 Å². The van der Waals surface area contributed by atoms with Gasteiger partial charge in [0.2, 0.25) is 9.70 Å². The molecule has 0 bridgehead atoms. The standard InChI is InChI=1S/C19H26Cl3N3O3S/c1-2-3-4-5-6-7-11-15(26)24-17(19(20,21)22)25-18(29)23-14-10-8-9-13(12-14)16(27)28/h8-10,12,17H,2-7,11H2,1H3,(H,24,26)(H,27,28)(H2,23,25,29)/t17-/m1/s1. The summed E-state index contributed by atoms with van der Waals surface area (Å²) in [5.41, 5.74) is 0.548. The number of carboxylic acids is 1. The average molecular weight is 483 g/mol. The summed E-state index contributed by atoms with van der Waals surface area (Å²) < 4.78 is -1.84. The highest BCUT2D eigenvalue weighted by Gasteiger charge is 2.34. The summed E-state index contributed by atoms with van der Waals surface area (Å²) >= 11 is 23.1. The Morgan fingerprint density at radius 1 is 1.10 bits per heavy atom. The van der Waals surface area contributed by atoms with Crippen molar-refractivity contribution in [3.05, 3.63) is 29.8 Å². The number of hydrogen-bond acceptors (Lipinski definition) is 3. The second-order valence-corrected chi connectivity index (χ2v) is 9.32. The fourth-order valence-corrected chi connectivity index (χ4v) is 3.09. The molecule has 0 saturated carbocycles. The van der Waals surface area contributed by atoms with Gasteiger partial charge in [0.1, 0.15) is 6.17 Å². The number of halogens is 3. The number of aromatic carboxylic acids is 1. The summed E-state index contributed by atoms with van der Waals surface area (Å²) in [6.07, 6.45) is 5.63. The van der Waals surface area contributed by atoms with Crippen LogP contribution in [-0.2, 0) is 4.79 Å². The second kappa shape index (κ2) is 13.1. The molecule has 1 atom stereocenters. The number of carboxylic acid groups (broad SMARTS) is 1. The molecule has 10 heteroatoms. The maximum atomic E-state index is 12.2. The van der Waals surface area contributed by atoms with Crippen molar-refractivity contribution >= 4 is 69.7 Å². The van der Waals surface area contributed by atoms with E-state index in [1.54, 1.807) is 12.1 Å². The molecule has 0 aliphatic carbocycles. The van der Waals surface area contributed by atoms with Crippen LogP contribution in [0.15, 0.2) is 24.3 Å². The van der Waals surface area contributed by atoms with Crippen molar-refractivity contribution in [3.8, 4) is 0 Å². The smallest absolute Gasteiger partial charge is 0.335 e. The number of anilines is 1. The van der Waals surface area contributed by atoms with Crippen molar-refractivity contribution in [2.45, 2.75) is 61.8 Å². The van der Waals surface area contributed by atoms with E-state index in [0.717, 1.165) is 19.3 Å². The molecule has 1 amide bonds. The highest BCUT2D eigenvalue weighted by Crippen LogP contribution is 2.29. The first-order valence-corrected chi connectivity index (χ1v) is 10.9. The third kappa shape index (κ3) is 10.9. The molecule has 0 aliphatic heterocycles. The maximum absolute atomic E-state index is 12.2. The normalized spacial score (nSPS) is 12.1. The van der Waals surface area contributed by atoms with Crippen molar-refractivity contribution in [3.63, 3.8) is 0 Å². The molecule has 4 N–H and O–H groups in total. The lowest BCUT2D eigenvalue weighted by Crippen LogP contribution is -2.56. The Kier molecular flexibility index (Phi) is 11.6. The van der Waals surface area contributed by atoms with Gasteiger partial charge in [-0.1, -0.05) is 79.9 Å². The number of benzene rings is 1. The lowest BCUT2D eigenvalue weighted by atomic mass is 10.1. The van der Waals surface area contributed by atoms with Crippen LogP contribution in [0.1, 0.15) is 62.2 Å². The fourth-order valence-electron chi connectivity index (χ4n) is 2.53. The van der Waals surface area contributed by atoms with Crippen molar-refractivity contribution in [1.29, 1.82) is 0 Å². The van der Waals surface area contributed by atoms with Crippen LogP contribution in [0.3, 0.4) is 0 Å². The number of rotatable bonds is 11. The summed E-state index contributed by atoms with van der Waals surface area (Å²) in [7, 11) is 0. The lowest BCUT2D eigenvalue weighted by Gasteiger charge is -2.27. The minimum Gasteiger partial charge on any atom is -0.478 e. The molecule has 1 rings (SSSR count). The molecule has 0 unspecified atom stereocenters. The minimum atomic E-state index is -1.84. The Hall–Kier alpha value is -1.28. The van der Waals surface area contributed by atoms with E-state index in [0.29, 0.717) is 12.1 Å². The zero-order valence-electron chi connectivity index (χ0n) is 16.1. The summed E-state index contributed by atoms with van der Waals surface area (Å²) in [5, 5.41) is 17.3. The highest BCUT2D eigenvalue weighted by molar-refractivity contribution is 7.80. The van der Waals surface area contributed by atoms with E-state index in [4.69, 9.17) is 52.1 Å². The molecule has 0 heterocycles. The van der Waals surface area contributed by atoms with E-state index in [9.17, 15) is 9.59 Å². The maximum Gasteiger partial charge on any atom is 0.335 e. The Morgan fingerprint density at radius 3 is 2.38 bits per heavy atom. The van der Waals surface area contributed by atoms with Crippen molar-refractivity contribution in [2.24, 2.45) is 0 Å². The van der Waals surface area contributed by atoms with Gasteiger partial charge in [-0.15, -0.1) is 0 Å². The number of alkyl halides is 3. The van der Waals surface area contributed by atoms with Gasteiger partial charge in [0, 0.05) is 12.1 Å². The molecule has 6 nitrogen and oxygen atoms in total. The van der Waals surface area contributed by atoms with E-state index in [1.807, 2.05) is 0 Å². The molecule has 0 aromatic heterocycles. The first-order chi connectivity index (χ1) is 13.6. The van der Waals surface area contributed by atoms with E-state index >= 15 is 0 Å². The van der Waals surface area contributed by atoms with Crippen LogP contribution in [-0.4, -0.2) is 32.1 Å². The van der Waals surface area contributed by atoms with Gasteiger partial charge in [-0.05, 0) is 36.8 Å². The first kappa shape index (κ1) is 25.8. The topological polar surface area (TPSA) is 90.5 Å². The summed E-state index contributed by atoms with van der Waals surface area (Å²) in [5.74, 6) is -1.31. The Balaban J connectivity index is 2.56. The zero-order valence-corrected chi connectivity index (χ0v) is 19.2. The van der Waals surface area contributed by atoms with Crippen molar-refractivity contribution < 1.29 is 14.7 Å². The highest BCUT2D eigenvalue weighted by atomic mass is 35.6. The van der Waals surface area contributed by atoms with Crippen LogP contribution < -0.4 is 16.0 Å². The number of carbonyl (C=O) groups is 2. The van der Waals surface area contributed by atoms with Crippen LogP contribution in [0.25, 0.3) is 0 Å². The van der Waals surface area contributed by atoms with E-state index in [1.165, 1.54) is 31.4 Å². The molecule has 29 heavy (non-hydrogen) atoms. The predicted molar refractivity (Wildman–Crippen MR) is 123 cm³/mol. The number of carbonyl (C=O) groups excluding carboxylic acids is 1. The largest absolute Gasteiger partial charge is 0.478 e. The number of unbranched alkanes of at least 4 members (excludes halogenated alkanes) is 5. The quantitative estimate of drug-likeness (QED) is 0.149. The van der Waals surface area contributed by atoms with Gasteiger partial charge in [0.05, 0.1) is 5.56 Å². The molecule has 1 aromatic rings. The zero-order chi connectivity index (χ0) is 21.9. The third-order valence-corrected chi connectivity index (χ3v) is 4.91. The van der Waals surface area contributed by atoms with E-state index in [2.05, 4.69) is 22.9 Å². The lowest BCUT2D eigenvalue weighted by molar-refractivity contribution is -0.122. The molecule has 0 saturated heterocycles. The third-order valence-electron chi connectivity index (χ3n) is 4.03. The molecule has 0 radical (unpaired) electrons. The van der Waals surface area contributed by atoms with E-state index < -0.39 is 15.9 Å². The average Bonchev–Trinajstić information content (AvgIpc) is 2.63. The first-order valence-electron chi connectivity index (χ1n) is 9.40. The summed E-state index contributed by atoms with van der Waals surface area (Å²) in [6, 6.07) is 6.08. The molecule has 162 valence electrons. The Bertz CT molecular complexity index is 699. The van der Waals surface area contributed by atoms with Gasteiger partial charge in [-0.25, -0.2) is 4.79 Å². The fraction of sp³-hybridized carbons (Fsp3) is 0.526. The SMILES string of the molecule is CCCCCCCCC(=O)N[C@H](NC(=S)Nc1cccc(C(=O)O)c1)C(Cl)(Cl)Cl. The van der Waals surface area contributed by atoms with Crippen LogP contribution in [0.4, 0.5) is 5.69 Å². The number of nitrogens with one attached hydrogen (secondary N) is 3. The number of thiocarbonyl (C=S) groups is 1. The van der Waals surface area contributed by atoms with Crippen molar-refractivity contribution in [1.82, 2.24) is 10.6 Å². The van der Waals surface area contributed by atoms with Gasteiger partial charge in [-0.3, -0.25) is 4.79 Å². The van der Waals surface area contributed by atoms with E-state index in [-0.39, 0.29) is 16.6 Å². The van der Waals surface area contributed by atoms with Gasteiger partial charge < -0.3 is 21.1 Å². The van der Waals surface area contributed by atoms with Crippen LogP contribution >= 0.6 is 47.0 Å². The van der Waals surface area contributed by atoms with Crippen LogP contribution in [0.2, 0.25) is 0 Å². The molecular weight excluding hydrogens is 457 g/mol. The number of hydrogen-bond donors (Lipinski definition) is 4. The summed E-state index contributed by atoms with van der Waals surface area (Å²) in [4.78, 5) is 23.2. The van der Waals surface area contributed by atoms with Crippen LogP contribution in [0.5, 0.6) is 0 Å².